The number of nitrogens with two attached hydrogens (primary N) is 1. The second kappa shape index (κ2) is 6.11. The smallest absolute Gasteiger partial charge is 0.181 e. The van der Waals surface area contributed by atoms with E-state index in [0.717, 1.165) is 23.3 Å². The SMILES string of the molecule is NNC(=S)NC1CC(c2ccccc2)Oc2ccccc21. The molecular formula is C16H17N3OS. The van der Waals surface area contributed by atoms with Crippen molar-refractivity contribution in [3.63, 3.8) is 0 Å². The molecule has 21 heavy (non-hydrogen) atoms. The molecule has 0 spiro atoms. The summed E-state index contributed by atoms with van der Waals surface area (Å²) in [5.41, 5.74) is 4.73. The number of thiocarbonyl (C=S) groups is 1. The van der Waals surface area contributed by atoms with Gasteiger partial charge in [-0.05, 0) is 23.8 Å². The number of fused-ring (bicyclic) bond motifs is 1. The summed E-state index contributed by atoms with van der Waals surface area (Å²) >= 11 is 5.13. The van der Waals surface area contributed by atoms with Crippen molar-refractivity contribution < 1.29 is 4.74 Å². The lowest BCUT2D eigenvalue weighted by atomic mass is 9.93. The number of para-hydroxylation sites is 1. The van der Waals surface area contributed by atoms with E-state index in [1.54, 1.807) is 0 Å². The Morgan fingerprint density at radius 2 is 1.81 bits per heavy atom. The highest BCUT2D eigenvalue weighted by atomic mass is 32.1. The molecule has 2 atom stereocenters. The summed E-state index contributed by atoms with van der Waals surface area (Å²) in [4.78, 5) is 0. The molecule has 0 aliphatic carbocycles. The molecule has 0 bridgehead atoms. The minimum absolute atomic E-state index is 0.000764. The third-order valence-electron chi connectivity index (χ3n) is 3.62. The van der Waals surface area contributed by atoms with Gasteiger partial charge in [0.2, 0.25) is 0 Å². The van der Waals surface area contributed by atoms with E-state index >= 15 is 0 Å². The summed E-state index contributed by atoms with van der Waals surface area (Å²) < 4.78 is 6.13. The zero-order valence-electron chi connectivity index (χ0n) is 11.5. The van der Waals surface area contributed by atoms with Gasteiger partial charge in [0.05, 0.1) is 6.04 Å². The van der Waals surface area contributed by atoms with Crippen molar-refractivity contribution >= 4 is 17.3 Å². The molecular weight excluding hydrogens is 282 g/mol. The average molecular weight is 299 g/mol. The molecule has 5 heteroatoms. The van der Waals surface area contributed by atoms with Gasteiger partial charge in [-0.15, -0.1) is 0 Å². The summed E-state index contributed by atoms with van der Waals surface area (Å²) in [5, 5.41) is 3.67. The maximum absolute atomic E-state index is 6.13. The fourth-order valence-electron chi connectivity index (χ4n) is 2.63. The van der Waals surface area contributed by atoms with Crippen LogP contribution in [0.3, 0.4) is 0 Å². The minimum atomic E-state index is -0.000764. The third-order valence-corrected chi connectivity index (χ3v) is 3.86. The van der Waals surface area contributed by atoms with Crippen LogP contribution in [0.25, 0.3) is 0 Å². The Morgan fingerprint density at radius 1 is 1.10 bits per heavy atom. The summed E-state index contributed by atoms with van der Waals surface area (Å²) in [7, 11) is 0. The molecule has 0 aromatic heterocycles. The Kier molecular flexibility index (Phi) is 4.03. The molecule has 0 amide bonds. The standard InChI is InChI=1S/C16H17N3OS/c17-19-16(21)18-13-10-15(11-6-2-1-3-7-11)20-14-9-5-4-8-12(13)14/h1-9,13,15H,10,17H2,(H2,18,19,21). The zero-order chi connectivity index (χ0) is 14.7. The van der Waals surface area contributed by atoms with Crippen molar-refractivity contribution in [2.75, 3.05) is 0 Å². The number of hydrogen-bond acceptors (Lipinski definition) is 3. The van der Waals surface area contributed by atoms with Gasteiger partial charge in [0.25, 0.3) is 0 Å². The maximum atomic E-state index is 6.13. The van der Waals surface area contributed by atoms with E-state index in [-0.39, 0.29) is 12.1 Å². The first kappa shape index (κ1) is 13.9. The number of hydrazine groups is 1. The number of rotatable bonds is 2. The summed E-state index contributed by atoms with van der Waals surface area (Å²) in [6.45, 7) is 0. The molecule has 0 fully saturated rings. The third kappa shape index (κ3) is 2.99. The second-order valence-electron chi connectivity index (χ2n) is 4.96. The van der Waals surface area contributed by atoms with Gasteiger partial charge in [0.1, 0.15) is 11.9 Å². The van der Waals surface area contributed by atoms with Crippen molar-refractivity contribution in [2.24, 2.45) is 5.84 Å². The van der Waals surface area contributed by atoms with Crippen molar-refractivity contribution in [1.29, 1.82) is 0 Å². The molecule has 1 aliphatic rings. The van der Waals surface area contributed by atoms with E-state index in [4.69, 9.17) is 22.8 Å². The number of ether oxygens (including phenoxy) is 1. The maximum Gasteiger partial charge on any atom is 0.181 e. The van der Waals surface area contributed by atoms with E-state index in [2.05, 4.69) is 22.9 Å². The Hall–Kier alpha value is -2.11. The molecule has 2 aromatic rings. The Labute approximate surface area is 129 Å². The summed E-state index contributed by atoms with van der Waals surface area (Å²) in [5.74, 6) is 6.25. The minimum Gasteiger partial charge on any atom is -0.485 e. The molecule has 0 saturated carbocycles. The van der Waals surface area contributed by atoms with Crippen LogP contribution in [0.1, 0.15) is 29.7 Å². The van der Waals surface area contributed by atoms with Crippen LogP contribution < -0.4 is 21.3 Å². The van der Waals surface area contributed by atoms with Gasteiger partial charge in [0, 0.05) is 12.0 Å². The van der Waals surface area contributed by atoms with Gasteiger partial charge in [0.15, 0.2) is 5.11 Å². The molecule has 2 aromatic carbocycles. The van der Waals surface area contributed by atoms with Gasteiger partial charge in [-0.25, -0.2) is 5.84 Å². The fourth-order valence-corrected chi connectivity index (χ4v) is 2.77. The first-order valence-electron chi connectivity index (χ1n) is 6.85. The molecule has 108 valence electrons. The fraction of sp³-hybridized carbons (Fsp3) is 0.188. The molecule has 3 rings (SSSR count). The molecule has 4 N–H and O–H groups in total. The second-order valence-corrected chi connectivity index (χ2v) is 5.37. The topological polar surface area (TPSA) is 59.3 Å². The van der Waals surface area contributed by atoms with Gasteiger partial charge >= 0.3 is 0 Å². The van der Waals surface area contributed by atoms with E-state index in [0.29, 0.717) is 5.11 Å². The van der Waals surface area contributed by atoms with E-state index in [1.165, 1.54) is 0 Å². The molecule has 1 aliphatic heterocycles. The Balaban J connectivity index is 1.91. The predicted molar refractivity (Wildman–Crippen MR) is 86.7 cm³/mol. The van der Waals surface area contributed by atoms with Crippen LogP contribution in [0, 0.1) is 0 Å². The van der Waals surface area contributed by atoms with Crippen LogP contribution >= 0.6 is 12.2 Å². The highest BCUT2D eigenvalue weighted by Gasteiger charge is 2.29. The lowest BCUT2D eigenvalue weighted by molar-refractivity contribution is 0.157. The van der Waals surface area contributed by atoms with Crippen LogP contribution in [0.15, 0.2) is 54.6 Å². The van der Waals surface area contributed by atoms with Crippen LogP contribution in [0.2, 0.25) is 0 Å². The molecule has 4 nitrogen and oxygen atoms in total. The predicted octanol–water partition coefficient (Wildman–Crippen LogP) is 2.59. The van der Waals surface area contributed by atoms with E-state index in [1.807, 2.05) is 42.5 Å². The highest BCUT2D eigenvalue weighted by molar-refractivity contribution is 7.80. The molecule has 0 radical (unpaired) electrons. The summed E-state index contributed by atoms with van der Waals surface area (Å²) in [6, 6.07) is 18.3. The van der Waals surface area contributed by atoms with Crippen molar-refractivity contribution in [2.45, 2.75) is 18.6 Å². The quantitative estimate of drug-likeness (QED) is 0.452. The van der Waals surface area contributed by atoms with Crippen LogP contribution in [-0.4, -0.2) is 5.11 Å². The van der Waals surface area contributed by atoms with Crippen molar-refractivity contribution in [1.82, 2.24) is 10.7 Å². The lowest BCUT2D eigenvalue weighted by Gasteiger charge is -2.33. The number of nitrogens with one attached hydrogen (secondary N) is 2. The normalized spacial score (nSPS) is 20.0. The first-order chi connectivity index (χ1) is 10.3. The van der Waals surface area contributed by atoms with Gasteiger partial charge < -0.3 is 15.5 Å². The van der Waals surface area contributed by atoms with Crippen LogP contribution in [0.4, 0.5) is 0 Å². The molecule has 1 heterocycles. The summed E-state index contributed by atoms with van der Waals surface area (Å²) in [6.07, 6.45) is 0.794. The monoisotopic (exact) mass is 299 g/mol. The van der Waals surface area contributed by atoms with Crippen molar-refractivity contribution in [3.05, 3.63) is 65.7 Å². The van der Waals surface area contributed by atoms with Crippen LogP contribution in [0.5, 0.6) is 5.75 Å². The van der Waals surface area contributed by atoms with Gasteiger partial charge in [-0.2, -0.15) is 0 Å². The largest absolute Gasteiger partial charge is 0.485 e. The van der Waals surface area contributed by atoms with Gasteiger partial charge in [-0.3, -0.25) is 0 Å². The van der Waals surface area contributed by atoms with E-state index < -0.39 is 0 Å². The average Bonchev–Trinajstić information content (AvgIpc) is 2.55. The van der Waals surface area contributed by atoms with E-state index in [9.17, 15) is 0 Å². The lowest BCUT2D eigenvalue weighted by Crippen LogP contribution is -2.43. The Morgan fingerprint density at radius 3 is 2.57 bits per heavy atom. The van der Waals surface area contributed by atoms with Gasteiger partial charge in [-0.1, -0.05) is 48.5 Å². The van der Waals surface area contributed by atoms with Crippen LogP contribution in [-0.2, 0) is 0 Å². The first-order valence-corrected chi connectivity index (χ1v) is 7.26. The number of benzene rings is 2. The number of hydrogen-bond donors (Lipinski definition) is 3. The van der Waals surface area contributed by atoms with Crippen molar-refractivity contribution in [3.8, 4) is 5.75 Å². The highest BCUT2D eigenvalue weighted by Crippen LogP contribution is 2.40. The molecule has 2 unspecified atom stereocenters. The zero-order valence-corrected chi connectivity index (χ0v) is 12.3. The molecule has 0 saturated heterocycles. The Bertz CT molecular complexity index is 632.